The summed E-state index contributed by atoms with van der Waals surface area (Å²) in [6.07, 6.45) is 0. The van der Waals surface area contributed by atoms with E-state index in [9.17, 15) is 10.2 Å². The van der Waals surface area contributed by atoms with E-state index in [2.05, 4.69) is 0 Å². The van der Waals surface area contributed by atoms with Crippen LogP contribution >= 0.6 is 0 Å². The summed E-state index contributed by atoms with van der Waals surface area (Å²) in [5.41, 5.74) is 1.81. The zero-order valence-electron chi connectivity index (χ0n) is 8.81. The van der Waals surface area contributed by atoms with Gasteiger partial charge in [0.05, 0.1) is 7.11 Å². The molecule has 1 N–H and O–H groups in total. The summed E-state index contributed by atoms with van der Waals surface area (Å²) in [5.74, 6) is 0.505. The van der Waals surface area contributed by atoms with Crippen LogP contribution in [0.1, 0.15) is 0 Å². The van der Waals surface area contributed by atoms with E-state index in [-0.39, 0.29) is 11.5 Å². The Morgan fingerprint density at radius 2 is 1.62 bits per heavy atom. The van der Waals surface area contributed by atoms with Crippen molar-refractivity contribution >= 4 is 0 Å². The summed E-state index contributed by atoms with van der Waals surface area (Å²) in [6, 6.07) is 11.6. The third-order valence-electron chi connectivity index (χ3n) is 2.37. The first-order chi connectivity index (χ1) is 7.70. The summed E-state index contributed by atoms with van der Waals surface area (Å²) in [6.45, 7) is 0. The average molecular weight is 215 g/mol. The SMILES string of the molecule is COc1cc(-c2ccc([O])cc2)ccc1O. The summed E-state index contributed by atoms with van der Waals surface area (Å²) in [4.78, 5) is 0. The molecule has 16 heavy (non-hydrogen) atoms. The van der Waals surface area contributed by atoms with Crippen molar-refractivity contribution in [1.29, 1.82) is 0 Å². The van der Waals surface area contributed by atoms with E-state index >= 15 is 0 Å². The van der Waals surface area contributed by atoms with Gasteiger partial charge in [0.1, 0.15) is 0 Å². The van der Waals surface area contributed by atoms with Crippen molar-refractivity contribution in [2.45, 2.75) is 0 Å². The smallest absolute Gasteiger partial charge is 0.178 e. The van der Waals surface area contributed by atoms with Gasteiger partial charge in [-0.05, 0) is 35.4 Å². The van der Waals surface area contributed by atoms with Gasteiger partial charge in [0.15, 0.2) is 17.2 Å². The summed E-state index contributed by atoms with van der Waals surface area (Å²) >= 11 is 0. The van der Waals surface area contributed by atoms with Crippen molar-refractivity contribution in [3.05, 3.63) is 42.5 Å². The van der Waals surface area contributed by atoms with Crippen molar-refractivity contribution < 1.29 is 14.9 Å². The molecule has 2 rings (SSSR count). The number of hydrogen-bond donors (Lipinski definition) is 1. The van der Waals surface area contributed by atoms with Gasteiger partial charge >= 0.3 is 0 Å². The van der Waals surface area contributed by atoms with Gasteiger partial charge < -0.3 is 9.84 Å². The van der Waals surface area contributed by atoms with Gasteiger partial charge in [-0.3, -0.25) is 5.11 Å². The molecule has 0 aliphatic rings. The molecule has 2 aromatic rings. The Bertz CT molecular complexity index is 489. The van der Waals surface area contributed by atoms with Crippen LogP contribution in [0.4, 0.5) is 0 Å². The lowest BCUT2D eigenvalue weighted by molar-refractivity contribution is 0.355. The van der Waals surface area contributed by atoms with Crippen LogP contribution in [-0.4, -0.2) is 12.2 Å². The molecule has 1 radical (unpaired) electrons. The van der Waals surface area contributed by atoms with E-state index in [1.807, 2.05) is 0 Å². The maximum atomic E-state index is 11.0. The molecule has 0 atom stereocenters. The predicted molar refractivity (Wildman–Crippen MR) is 60.2 cm³/mol. The van der Waals surface area contributed by atoms with E-state index in [4.69, 9.17) is 4.74 Å². The molecule has 0 aliphatic carbocycles. The van der Waals surface area contributed by atoms with Gasteiger partial charge in [-0.15, -0.1) is 0 Å². The number of phenols is 1. The normalized spacial score (nSPS) is 10.1. The molecule has 0 aromatic heterocycles. The van der Waals surface area contributed by atoms with Crippen molar-refractivity contribution in [3.8, 4) is 28.4 Å². The maximum absolute atomic E-state index is 11.0. The van der Waals surface area contributed by atoms with Crippen molar-refractivity contribution in [3.63, 3.8) is 0 Å². The molecule has 3 nitrogen and oxygen atoms in total. The molecule has 0 heterocycles. The first-order valence-corrected chi connectivity index (χ1v) is 4.85. The number of benzene rings is 2. The molecule has 0 spiro atoms. The highest BCUT2D eigenvalue weighted by atomic mass is 16.5. The molecule has 3 heteroatoms. The summed E-state index contributed by atoms with van der Waals surface area (Å²) in [5, 5.41) is 20.4. The van der Waals surface area contributed by atoms with Gasteiger partial charge in [0, 0.05) is 0 Å². The molecule has 81 valence electrons. The van der Waals surface area contributed by atoms with Crippen molar-refractivity contribution in [2.24, 2.45) is 0 Å². The van der Waals surface area contributed by atoms with Crippen LogP contribution < -0.4 is 4.74 Å². The summed E-state index contributed by atoms with van der Waals surface area (Å²) in [7, 11) is 1.50. The Morgan fingerprint density at radius 3 is 2.25 bits per heavy atom. The van der Waals surface area contributed by atoms with E-state index < -0.39 is 0 Å². The van der Waals surface area contributed by atoms with E-state index in [0.29, 0.717) is 5.75 Å². The van der Waals surface area contributed by atoms with Crippen LogP contribution in [0.2, 0.25) is 0 Å². The van der Waals surface area contributed by atoms with Gasteiger partial charge in [-0.25, -0.2) is 0 Å². The largest absolute Gasteiger partial charge is 0.504 e. The van der Waals surface area contributed by atoms with Gasteiger partial charge in [-0.2, -0.15) is 0 Å². The number of rotatable bonds is 2. The van der Waals surface area contributed by atoms with E-state index in [0.717, 1.165) is 11.1 Å². The van der Waals surface area contributed by atoms with Gasteiger partial charge in [-0.1, -0.05) is 18.2 Å². The van der Waals surface area contributed by atoms with E-state index in [1.54, 1.807) is 30.3 Å². The first-order valence-electron chi connectivity index (χ1n) is 4.85. The molecule has 0 saturated carbocycles. The van der Waals surface area contributed by atoms with E-state index in [1.165, 1.54) is 19.2 Å². The molecular formula is C13H11O3. The fraction of sp³-hybridized carbons (Fsp3) is 0.0769. The Morgan fingerprint density at radius 1 is 1.00 bits per heavy atom. The lowest BCUT2D eigenvalue weighted by atomic mass is 10.1. The lowest BCUT2D eigenvalue weighted by Crippen LogP contribution is -1.85. The highest BCUT2D eigenvalue weighted by molar-refractivity contribution is 5.67. The molecule has 0 unspecified atom stereocenters. The lowest BCUT2D eigenvalue weighted by Gasteiger charge is -2.06. The second kappa shape index (κ2) is 4.14. The third kappa shape index (κ3) is 1.93. The fourth-order valence-corrected chi connectivity index (χ4v) is 1.50. The molecule has 0 saturated heterocycles. The number of aromatic hydroxyl groups is 1. The Labute approximate surface area is 93.6 Å². The van der Waals surface area contributed by atoms with Crippen LogP contribution in [0.25, 0.3) is 11.1 Å². The maximum Gasteiger partial charge on any atom is 0.178 e. The molecule has 0 aliphatic heterocycles. The number of hydrogen-bond acceptors (Lipinski definition) is 2. The van der Waals surface area contributed by atoms with Crippen LogP contribution in [0.15, 0.2) is 42.5 Å². The van der Waals surface area contributed by atoms with Crippen molar-refractivity contribution in [1.82, 2.24) is 0 Å². The number of phenolic OH excluding ortho intramolecular Hbond substituents is 1. The second-order valence-corrected chi connectivity index (χ2v) is 3.41. The highest BCUT2D eigenvalue weighted by Crippen LogP contribution is 2.31. The fourth-order valence-electron chi connectivity index (χ4n) is 1.50. The zero-order chi connectivity index (χ0) is 11.5. The average Bonchev–Trinajstić information content (AvgIpc) is 2.31. The summed E-state index contributed by atoms with van der Waals surface area (Å²) < 4.78 is 5.02. The Kier molecular flexibility index (Phi) is 2.68. The van der Waals surface area contributed by atoms with Gasteiger partial charge in [0.25, 0.3) is 0 Å². The number of methoxy groups -OCH3 is 1. The predicted octanol–water partition coefficient (Wildman–Crippen LogP) is 3.21. The number of ether oxygens (including phenoxy) is 1. The highest BCUT2D eigenvalue weighted by Gasteiger charge is 2.04. The second-order valence-electron chi connectivity index (χ2n) is 3.41. The van der Waals surface area contributed by atoms with Crippen molar-refractivity contribution in [2.75, 3.05) is 7.11 Å². The molecule has 2 aromatic carbocycles. The minimum atomic E-state index is -0.0190. The third-order valence-corrected chi connectivity index (χ3v) is 2.37. The first kappa shape index (κ1) is 10.4. The Hall–Kier alpha value is -2.16. The molecule has 0 bridgehead atoms. The quantitative estimate of drug-likeness (QED) is 0.836. The monoisotopic (exact) mass is 215 g/mol. The minimum absolute atomic E-state index is 0.0190. The molecule has 0 fully saturated rings. The van der Waals surface area contributed by atoms with Crippen LogP contribution in [0.5, 0.6) is 17.2 Å². The van der Waals surface area contributed by atoms with Crippen LogP contribution in [-0.2, 0) is 5.11 Å². The van der Waals surface area contributed by atoms with Gasteiger partial charge in [0.2, 0.25) is 0 Å². The topological polar surface area (TPSA) is 49.4 Å². The Balaban J connectivity index is 2.44. The van der Waals surface area contributed by atoms with Crippen LogP contribution in [0.3, 0.4) is 0 Å². The molecule has 0 amide bonds. The zero-order valence-corrected chi connectivity index (χ0v) is 8.81. The van der Waals surface area contributed by atoms with Crippen LogP contribution in [0, 0.1) is 0 Å². The minimum Gasteiger partial charge on any atom is -0.504 e. The molecular weight excluding hydrogens is 204 g/mol. The standard InChI is InChI=1S/C13H11O3/c1-16-13-8-10(4-7-12(13)15)9-2-5-11(14)6-3-9/h2-8,15H,1H3.